The van der Waals surface area contributed by atoms with Crippen molar-refractivity contribution < 1.29 is 0 Å². The fourth-order valence-electron chi connectivity index (χ4n) is 1.40. The minimum Gasteiger partial charge on any atom is -0.0827 e. The summed E-state index contributed by atoms with van der Waals surface area (Å²) in [6, 6.07) is 8.77. The lowest BCUT2D eigenvalue weighted by atomic mass is 10.1. The van der Waals surface area contributed by atoms with Crippen LogP contribution in [-0.2, 0) is 0 Å². The Kier molecular flexibility index (Phi) is 4.12. The maximum absolute atomic E-state index is 5.96. The zero-order chi connectivity index (χ0) is 12.6. The highest BCUT2D eigenvalue weighted by molar-refractivity contribution is 6.48. The Balaban J connectivity index is 2.57. The SMILES string of the molecule is Clc1ccc(-c2cc(Cl)c(Cl)c(Cl)c2)cc1Cl. The minimum atomic E-state index is 0.345. The molecule has 0 N–H and O–H groups in total. The zero-order valence-corrected chi connectivity index (χ0v) is 12.1. The topological polar surface area (TPSA) is 0 Å². The molecule has 0 aliphatic heterocycles. The molecule has 0 spiro atoms. The predicted octanol–water partition coefficient (Wildman–Crippen LogP) is 6.62. The van der Waals surface area contributed by atoms with Gasteiger partial charge >= 0.3 is 0 Å². The molecule has 0 saturated heterocycles. The van der Waals surface area contributed by atoms with E-state index in [2.05, 4.69) is 0 Å². The second-order valence-electron chi connectivity index (χ2n) is 3.38. The van der Waals surface area contributed by atoms with E-state index < -0.39 is 0 Å². The van der Waals surface area contributed by atoms with Crippen molar-refractivity contribution in [1.82, 2.24) is 0 Å². The number of benzene rings is 2. The Hall–Kier alpha value is -0.110. The molecule has 0 unspecified atom stereocenters. The highest BCUT2D eigenvalue weighted by Crippen LogP contribution is 2.36. The molecule has 2 aromatic rings. The van der Waals surface area contributed by atoms with E-state index in [1.54, 1.807) is 24.3 Å². The molecule has 0 aromatic heterocycles. The first kappa shape index (κ1) is 13.3. The molecule has 0 amide bonds. The summed E-state index contributed by atoms with van der Waals surface area (Å²) in [5, 5.41) is 2.13. The van der Waals surface area contributed by atoms with Gasteiger partial charge in [0.2, 0.25) is 0 Å². The average molecular weight is 326 g/mol. The first-order valence-electron chi connectivity index (χ1n) is 4.59. The van der Waals surface area contributed by atoms with Gasteiger partial charge < -0.3 is 0 Å². The van der Waals surface area contributed by atoms with Crippen LogP contribution in [0.25, 0.3) is 11.1 Å². The third-order valence-corrected chi connectivity index (χ3v) is 4.17. The van der Waals surface area contributed by atoms with Crippen LogP contribution in [0.5, 0.6) is 0 Å². The van der Waals surface area contributed by atoms with E-state index in [9.17, 15) is 0 Å². The van der Waals surface area contributed by atoms with E-state index >= 15 is 0 Å². The second-order valence-corrected chi connectivity index (χ2v) is 5.39. The van der Waals surface area contributed by atoms with Gasteiger partial charge in [0.05, 0.1) is 25.1 Å². The van der Waals surface area contributed by atoms with E-state index in [1.807, 2.05) is 6.07 Å². The van der Waals surface area contributed by atoms with Crippen LogP contribution in [0, 0.1) is 0 Å². The van der Waals surface area contributed by atoms with Gasteiger partial charge in [0.15, 0.2) is 0 Å². The van der Waals surface area contributed by atoms with Crippen molar-refractivity contribution in [3.8, 4) is 11.1 Å². The van der Waals surface area contributed by atoms with Gasteiger partial charge in [-0.3, -0.25) is 0 Å². The van der Waals surface area contributed by atoms with E-state index in [1.165, 1.54) is 0 Å². The summed E-state index contributed by atoms with van der Waals surface area (Å²) in [6.07, 6.45) is 0. The van der Waals surface area contributed by atoms with Gasteiger partial charge in [0.25, 0.3) is 0 Å². The molecular formula is C12H5Cl5. The molecule has 0 heterocycles. The van der Waals surface area contributed by atoms with E-state index in [0.29, 0.717) is 25.1 Å². The van der Waals surface area contributed by atoms with Crippen molar-refractivity contribution in [3.63, 3.8) is 0 Å². The van der Waals surface area contributed by atoms with E-state index in [4.69, 9.17) is 58.0 Å². The van der Waals surface area contributed by atoms with Gasteiger partial charge in [-0.2, -0.15) is 0 Å². The highest BCUT2D eigenvalue weighted by Gasteiger charge is 2.08. The Bertz CT molecular complexity index is 554. The van der Waals surface area contributed by atoms with Crippen LogP contribution in [0.2, 0.25) is 25.1 Å². The molecule has 0 aliphatic carbocycles. The zero-order valence-electron chi connectivity index (χ0n) is 8.28. The largest absolute Gasteiger partial charge is 0.0827 e. The standard InChI is InChI=1S/C12H5Cl5/c13-8-2-1-6(3-9(8)14)7-4-10(15)12(17)11(16)5-7/h1-5H. The van der Waals surface area contributed by atoms with Gasteiger partial charge in [-0.15, -0.1) is 0 Å². The summed E-state index contributed by atoms with van der Waals surface area (Å²) in [7, 11) is 0. The summed E-state index contributed by atoms with van der Waals surface area (Å²) in [5.74, 6) is 0. The van der Waals surface area contributed by atoms with Gasteiger partial charge in [-0.05, 0) is 35.4 Å². The van der Waals surface area contributed by atoms with Crippen LogP contribution >= 0.6 is 58.0 Å². The Morgan fingerprint density at radius 3 is 1.59 bits per heavy atom. The maximum Gasteiger partial charge on any atom is 0.0778 e. The molecule has 88 valence electrons. The van der Waals surface area contributed by atoms with Crippen LogP contribution in [-0.4, -0.2) is 0 Å². The Labute approximate surface area is 124 Å². The fraction of sp³-hybridized carbons (Fsp3) is 0. The monoisotopic (exact) mass is 324 g/mol. The fourth-order valence-corrected chi connectivity index (χ4v) is 2.29. The number of halogens is 5. The van der Waals surface area contributed by atoms with E-state index in [0.717, 1.165) is 11.1 Å². The predicted molar refractivity (Wildman–Crippen MR) is 76.9 cm³/mol. The lowest BCUT2D eigenvalue weighted by Crippen LogP contribution is -1.81. The van der Waals surface area contributed by atoms with Crippen LogP contribution in [0.1, 0.15) is 0 Å². The van der Waals surface area contributed by atoms with Crippen molar-refractivity contribution in [1.29, 1.82) is 0 Å². The van der Waals surface area contributed by atoms with Gasteiger partial charge in [0.1, 0.15) is 0 Å². The quantitative estimate of drug-likeness (QED) is 0.517. The summed E-state index contributed by atoms with van der Waals surface area (Å²) in [5.41, 5.74) is 1.71. The molecule has 0 aliphatic rings. The molecule has 5 heteroatoms. The van der Waals surface area contributed by atoms with Gasteiger partial charge in [-0.25, -0.2) is 0 Å². The third kappa shape index (κ3) is 2.83. The molecule has 2 rings (SSSR count). The Morgan fingerprint density at radius 2 is 1.06 bits per heavy atom. The molecule has 0 nitrogen and oxygen atoms in total. The van der Waals surface area contributed by atoms with Crippen molar-refractivity contribution >= 4 is 58.0 Å². The molecule has 0 fully saturated rings. The van der Waals surface area contributed by atoms with Crippen molar-refractivity contribution in [2.24, 2.45) is 0 Å². The molecule has 0 bridgehead atoms. The van der Waals surface area contributed by atoms with Crippen molar-refractivity contribution in [2.75, 3.05) is 0 Å². The first-order valence-corrected chi connectivity index (χ1v) is 6.48. The summed E-state index contributed by atoms with van der Waals surface area (Å²) < 4.78 is 0. The summed E-state index contributed by atoms with van der Waals surface area (Å²) in [4.78, 5) is 0. The summed E-state index contributed by atoms with van der Waals surface area (Å²) in [6.45, 7) is 0. The average Bonchev–Trinajstić information content (AvgIpc) is 2.29. The number of hydrogen-bond donors (Lipinski definition) is 0. The lowest BCUT2D eigenvalue weighted by molar-refractivity contribution is 1.61. The van der Waals surface area contributed by atoms with Gasteiger partial charge in [0, 0.05) is 0 Å². The third-order valence-electron chi connectivity index (χ3n) is 2.24. The number of rotatable bonds is 1. The van der Waals surface area contributed by atoms with E-state index in [-0.39, 0.29) is 0 Å². The van der Waals surface area contributed by atoms with Crippen LogP contribution in [0.3, 0.4) is 0 Å². The molecule has 0 radical (unpaired) electrons. The highest BCUT2D eigenvalue weighted by atomic mass is 35.5. The van der Waals surface area contributed by atoms with Crippen LogP contribution in [0.4, 0.5) is 0 Å². The van der Waals surface area contributed by atoms with Crippen LogP contribution < -0.4 is 0 Å². The van der Waals surface area contributed by atoms with Crippen molar-refractivity contribution in [2.45, 2.75) is 0 Å². The second kappa shape index (κ2) is 5.26. The van der Waals surface area contributed by atoms with Gasteiger partial charge in [-0.1, -0.05) is 64.1 Å². The lowest BCUT2D eigenvalue weighted by Gasteiger charge is -2.06. The molecule has 0 atom stereocenters. The maximum atomic E-state index is 5.96. The van der Waals surface area contributed by atoms with Crippen molar-refractivity contribution in [3.05, 3.63) is 55.4 Å². The molecular weight excluding hydrogens is 321 g/mol. The Morgan fingerprint density at radius 1 is 0.529 bits per heavy atom. The summed E-state index contributed by atoms with van der Waals surface area (Å²) >= 11 is 29.6. The molecule has 2 aromatic carbocycles. The number of hydrogen-bond acceptors (Lipinski definition) is 0. The smallest absolute Gasteiger partial charge is 0.0778 e. The first-order chi connectivity index (χ1) is 7.99. The normalized spacial score (nSPS) is 10.6. The molecule has 17 heavy (non-hydrogen) atoms. The molecule has 0 saturated carbocycles. The minimum absolute atomic E-state index is 0.345. The van der Waals surface area contributed by atoms with Crippen LogP contribution in [0.15, 0.2) is 30.3 Å².